The van der Waals surface area contributed by atoms with Crippen LogP contribution in [-0.4, -0.2) is 35.5 Å². The minimum absolute atomic E-state index is 0.297. The fourth-order valence-corrected chi connectivity index (χ4v) is 4.24. The van der Waals surface area contributed by atoms with Crippen molar-refractivity contribution in [3.8, 4) is 28.5 Å². The van der Waals surface area contributed by atoms with Crippen molar-refractivity contribution >= 4 is 15.7 Å². The molecule has 27 heavy (non-hydrogen) atoms. The lowest BCUT2D eigenvalue weighted by Crippen LogP contribution is -2.17. The molecule has 7 nitrogen and oxygen atoms in total. The summed E-state index contributed by atoms with van der Waals surface area (Å²) in [4.78, 5) is 4.56. The summed E-state index contributed by atoms with van der Waals surface area (Å²) >= 11 is 0. The van der Waals surface area contributed by atoms with E-state index in [4.69, 9.17) is 4.74 Å². The molecule has 4 rings (SSSR count). The van der Waals surface area contributed by atoms with Crippen molar-refractivity contribution in [3.05, 3.63) is 48.5 Å². The highest BCUT2D eigenvalue weighted by Crippen LogP contribution is 2.34. The third-order valence-electron chi connectivity index (χ3n) is 4.31. The van der Waals surface area contributed by atoms with Crippen molar-refractivity contribution < 1.29 is 13.2 Å². The second-order valence-electron chi connectivity index (χ2n) is 6.33. The van der Waals surface area contributed by atoms with Gasteiger partial charge in [-0.25, -0.2) is 13.4 Å². The van der Waals surface area contributed by atoms with E-state index in [2.05, 4.69) is 19.9 Å². The number of aromatic nitrogens is 3. The summed E-state index contributed by atoms with van der Waals surface area (Å²) in [5, 5.41) is 6.91. The maximum atomic E-state index is 12.3. The Kier molecular flexibility index (Phi) is 4.57. The number of para-hydroxylation sites is 2. The quantitative estimate of drug-likeness (QED) is 0.650. The summed E-state index contributed by atoms with van der Waals surface area (Å²) in [5.41, 5.74) is 1.91. The van der Waals surface area contributed by atoms with Crippen molar-refractivity contribution in [1.29, 1.82) is 0 Å². The molecule has 0 radical (unpaired) electrons. The predicted molar refractivity (Wildman–Crippen MR) is 104 cm³/mol. The van der Waals surface area contributed by atoms with E-state index in [1.807, 2.05) is 43.3 Å². The van der Waals surface area contributed by atoms with Crippen LogP contribution in [0.1, 0.15) is 19.8 Å². The predicted octanol–water partition coefficient (Wildman–Crippen LogP) is 3.44. The van der Waals surface area contributed by atoms with Gasteiger partial charge in [0.25, 0.3) is 0 Å². The second-order valence-corrected chi connectivity index (χ2v) is 8.29. The Morgan fingerprint density at radius 2 is 1.81 bits per heavy atom. The molecule has 0 spiro atoms. The molecule has 0 aliphatic heterocycles. The summed E-state index contributed by atoms with van der Waals surface area (Å²) in [7, 11) is -3.36. The lowest BCUT2D eigenvalue weighted by Gasteiger charge is -2.10. The normalized spacial score (nSPS) is 14.1. The molecular weight excluding hydrogens is 364 g/mol. The molecule has 1 saturated carbocycles. The van der Waals surface area contributed by atoms with Crippen LogP contribution in [0.25, 0.3) is 22.8 Å². The van der Waals surface area contributed by atoms with Gasteiger partial charge in [0.15, 0.2) is 11.6 Å². The van der Waals surface area contributed by atoms with Crippen LogP contribution < -0.4 is 9.46 Å². The topological polar surface area (TPSA) is 97.0 Å². The summed E-state index contributed by atoms with van der Waals surface area (Å²) in [5.74, 6) is 1.69. The molecule has 0 unspecified atom stereocenters. The molecule has 1 aliphatic carbocycles. The zero-order chi connectivity index (χ0) is 18.9. The number of sulfonamides is 1. The van der Waals surface area contributed by atoms with E-state index in [1.165, 1.54) is 0 Å². The summed E-state index contributed by atoms with van der Waals surface area (Å²) in [6.07, 6.45) is 1.41. The molecule has 0 amide bonds. The van der Waals surface area contributed by atoms with Gasteiger partial charge >= 0.3 is 0 Å². The van der Waals surface area contributed by atoms with Crippen LogP contribution in [0.15, 0.2) is 48.5 Å². The van der Waals surface area contributed by atoms with Gasteiger partial charge < -0.3 is 4.74 Å². The van der Waals surface area contributed by atoms with Crippen LogP contribution in [-0.2, 0) is 10.0 Å². The Hall–Kier alpha value is -2.87. The third kappa shape index (κ3) is 3.66. The lowest BCUT2D eigenvalue weighted by molar-refractivity contribution is 0.341. The molecule has 0 atom stereocenters. The van der Waals surface area contributed by atoms with Gasteiger partial charge in [-0.05, 0) is 44.0 Å². The molecule has 1 aromatic heterocycles. The number of ether oxygens (including phenoxy) is 1. The smallest absolute Gasteiger partial charge is 0.235 e. The number of aromatic amines is 1. The van der Waals surface area contributed by atoms with E-state index in [0.717, 1.165) is 5.56 Å². The van der Waals surface area contributed by atoms with Gasteiger partial charge in [-0.3, -0.25) is 9.82 Å². The maximum absolute atomic E-state index is 12.3. The highest BCUT2D eigenvalue weighted by Gasteiger charge is 2.36. The first kappa shape index (κ1) is 17.5. The number of rotatable bonds is 7. The van der Waals surface area contributed by atoms with Gasteiger partial charge in [0, 0.05) is 5.56 Å². The number of hydrogen-bond acceptors (Lipinski definition) is 5. The van der Waals surface area contributed by atoms with Crippen LogP contribution in [0.5, 0.6) is 5.75 Å². The van der Waals surface area contributed by atoms with Crippen molar-refractivity contribution in [3.63, 3.8) is 0 Å². The SMILES string of the molecule is CCOc1ccccc1-c1n[nH]c(-c2ccccc2NS(=O)(=O)C2CC2)n1. The fraction of sp³-hybridized carbons (Fsp3) is 0.263. The van der Waals surface area contributed by atoms with E-state index < -0.39 is 10.0 Å². The van der Waals surface area contributed by atoms with Gasteiger partial charge in [0.2, 0.25) is 10.0 Å². The first-order valence-corrected chi connectivity index (χ1v) is 10.4. The number of nitrogens with one attached hydrogen (secondary N) is 2. The zero-order valence-corrected chi connectivity index (χ0v) is 15.7. The van der Waals surface area contributed by atoms with E-state index in [1.54, 1.807) is 12.1 Å². The van der Waals surface area contributed by atoms with Crippen LogP contribution >= 0.6 is 0 Å². The summed E-state index contributed by atoms with van der Waals surface area (Å²) in [6.45, 7) is 2.46. The monoisotopic (exact) mass is 384 g/mol. The van der Waals surface area contributed by atoms with Gasteiger partial charge in [-0.2, -0.15) is 5.10 Å². The van der Waals surface area contributed by atoms with Gasteiger partial charge in [0.05, 0.1) is 23.1 Å². The molecular formula is C19H20N4O3S. The summed E-state index contributed by atoms with van der Waals surface area (Å²) < 4.78 is 33.0. The molecule has 2 aromatic carbocycles. The highest BCUT2D eigenvalue weighted by atomic mass is 32.2. The molecule has 0 bridgehead atoms. The van der Waals surface area contributed by atoms with Crippen molar-refractivity contribution in [2.45, 2.75) is 25.0 Å². The van der Waals surface area contributed by atoms with Crippen LogP contribution in [0, 0.1) is 0 Å². The highest BCUT2D eigenvalue weighted by molar-refractivity contribution is 7.93. The zero-order valence-electron chi connectivity index (χ0n) is 14.8. The number of nitrogens with zero attached hydrogens (tertiary/aromatic N) is 2. The molecule has 1 aliphatic rings. The molecule has 1 heterocycles. The molecule has 0 saturated heterocycles. The van der Waals surface area contributed by atoms with E-state index >= 15 is 0 Å². The van der Waals surface area contributed by atoms with Crippen LogP contribution in [0.3, 0.4) is 0 Å². The van der Waals surface area contributed by atoms with E-state index in [9.17, 15) is 8.42 Å². The second kappa shape index (κ2) is 7.03. The van der Waals surface area contributed by atoms with Crippen molar-refractivity contribution in [1.82, 2.24) is 15.2 Å². The molecule has 8 heteroatoms. The van der Waals surface area contributed by atoms with E-state index in [-0.39, 0.29) is 5.25 Å². The van der Waals surface area contributed by atoms with E-state index in [0.29, 0.717) is 48.1 Å². The minimum Gasteiger partial charge on any atom is -0.493 e. The van der Waals surface area contributed by atoms with Gasteiger partial charge in [-0.1, -0.05) is 24.3 Å². The van der Waals surface area contributed by atoms with Crippen LogP contribution in [0.4, 0.5) is 5.69 Å². The number of benzene rings is 2. The molecule has 2 N–H and O–H groups in total. The Bertz CT molecular complexity index is 1060. The largest absolute Gasteiger partial charge is 0.493 e. The fourth-order valence-electron chi connectivity index (χ4n) is 2.83. The molecule has 3 aromatic rings. The Morgan fingerprint density at radius 1 is 1.11 bits per heavy atom. The number of H-pyrrole nitrogens is 1. The Labute approximate surface area is 157 Å². The minimum atomic E-state index is -3.36. The average molecular weight is 384 g/mol. The van der Waals surface area contributed by atoms with Crippen molar-refractivity contribution in [2.75, 3.05) is 11.3 Å². The number of anilines is 1. The first-order chi connectivity index (χ1) is 13.1. The van der Waals surface area contributed by atoms with Gasteiger partial charge in [0.1, 0.15) is 5.75 Å². The lowest BCUT2D eigenvalue weighted by atomic mass is 10.1. The summed E-state index contributed by atoms with van der Waals surface area (Å²) in [6, 6.07) is 14.7. The van der Waals surface area contributed by atoms with Gasteiger partial charge in [-0.15, -0.1) is 0 Å². The Balaban J connectivity index is 1.68. The standard InChI is InChI=1S/C19H20N4O3S/c1-2-26-17-10-6-4-8-15(17)19-20-18(21-22-19)14-7-3-5-9-16(14)23-27(24,25)13-11-12-13/h3-10,13,23H,2,11-12H2,1H3,(H,20,21,22). The Morgan fingerprint density at radius 3 is 2.56 bits per heavy atom. The average Bonchev–Trinajstić information content (AvgIpc) is 3.42. The molecule has 140 valence electrons. The molecule has 1 fully saturated rings. The van der Waals surface area contributed by atoms with Crippen molar-refractivity contribution in [2.24, 2.45) is 0 Å². The maximum Gasteiger partial charge on any atom is 0.235 e. The third-order valence-corrected chi connectivity index (χ3v) is 6.16. The first-order valence-electron chi connectivity index (χ1n) is 8.84. The number of hydrogen-bond donors (Lipinski definition) is 2. The van der Waals surface area contributed by atoms with Crippen LogP contribution in [0.2, 0.25) is 0 Å².